The molecule has 0 radical (unpaired) electrons. The van der Waals surface area contributed by atoms with Crippen molar-refractivity contribution in [1.82, 2.24) is 15.3 Å². The van der Waals surface area contributed by atoms with Crippen LogP contribution in [0.5, 0.6) is 0 Å². The summed E-state index contributed by atoms with van der Waals surface area (Å²) in [6.07, 6.45) is 2.26. The van der Waals surface area contributed by atoms with E-state index in [1.165, 1.54) is 13.0 Å². The number of carbonyl (C=O) groups is 1. The van der Waals surface area contributed by atoms with E-state index in [4.69, 9.17) is 0 Å². The van der Waals surface area contributed by atoms with Crippen LogP contribution >= 0.6 is 0 Å². The Bertz CT molecular complexity index is 871. The molecule has 2 aliphatic rings. The zero-order valence-electron chi connectivity index (χ0n) is 14.9. The van der Waals surface area contributed by atoms with E-state index in [9.17, 15) is 13.6 Å². The summed E-state index contributed by atoms with van der Waals surface area (Å²) in [6, 6.07) is 1.48. The third kappa shape index (κ3) is 2.37. The second kappa shape index (κ2) is 5.26. The molecule has 2 N–H and O–H groups in total. The molecule has 6 heteroatoms. The van der Waals surface area contributed by atoms with Gasteiger partial charge in [-0.3, -0.25) is 4.79 Å². The predicted molar refractivity (Wildman–Crippen MR) is 91.2 cm³/mol. The first-order chi connectivity index (χ1) is 11.7. The molecule has 2 aromatic rings. The predicted octanol–water partition coefficient (Wildman–Crippen LogP) is 3.95. The Morgan fingerprint density at radius 2 is 2.08 bits per heavy atom. The number of nitrogens with zero attached hydrogens (tertiary/aromatic N) is 1. The van der Waals surface area contributed by atoms with E-state index in [0.29, 0.717) is 23.2 Å². The van der Waals surface area contributed by atoms with Gasteiger partial charge in [0.25, 0.3) is 5.91 Å². The number of H-pyrrole nitrogens is 1. The topological polar surface area (TPSA) is 57.8 Å². The maximum atomic E-state index is 14.0. The zero-order valence-corrected chi connectivity index (χ0v) is 14.9. The Hall–Kier alpha value is -1.98. The van der Waals surface area contributed by atoms with E-state index in [0.717, 1.165) is 12.8 Å². The minimum Gasteiger partial charge on any atom is -0.347 e. The van der Waals surface area contributed by atoms with Crippen molar-refractivity contribution in [3.05, 3.63) is 29.1 Å². The Morgan fingerprint density at radius 3 is 2.72 bits per heavy atom. The summed E-state index contributed by atoms with van der Waals surface area (Å²) in [4.78, 5) is 19.5. The highest BCUT2D eigenvalue weighted by Gasteiger charge is 2.54. The van der Waals surface area contributed by atoms with Crippen LogP contribution in [-0.4, -0.2) is 21.9 Å². The van der Waals surface area contributed by atoms with Gasteiger partial charge < -0.3 is 10.3 Å². The number of hydrogen-bond acceptors (Lipinski definition) is 2. The van der Waals surface area contributed by atoms with Gasteiger partial charge in [-0.1, -0.05) is 20.8 Å². The summed E-state index contributed by atoms with van der Waals surface area (Å²) in [5.41, 5.74) is 0.723. The Labute approximate surface area is 145 Å². The minimum atomic E-state index is -0.970. The van der Waals surface area contributed by atoms with Gasteiger partial charge in [-0.25, -0.2) is 13.8 Å². The van der Waals surface area contributed by atoms with Gasteiger partial charge in [0, 0.05) is 6.04 Å². The molecule has 2 bridgehead atoms. The van der Waals surface area contributed by atoms with Crippen molar-refractivity contribution in [2.45, 2.75) is 46.6 Å². The SMILES string of the molecule is Cc1nc2[nH]c(C(=O)N[C@H]3C4C[C@@H]([C@@H]3C)C(C)(C)C4)cc2c(F)c1F. The van der Waals surface area contributed by atoms with Crippen LogP contribution in [0.3, 0.4) is 0 Å². The molecule has 4 atom stereocenters. The second-order valence-electron chi connectivity index (χ2n) is 8.42. The molecule has 25 heavy (non-hydrogen) atoms. The first kappa shape index (κ1) is 16.5. The van der Waals surface area contributed by atoms with Gasteiger partial charge in [0.15, 0.2) is 11.6 Å². The number of amides is 1. The third-order valence-corrected chi connectivity index (χ3v) is 6.42. The fraction of sp³-hybridized carbons (Fsp3) is 0.579. The molecule has 0 aliphatic heterocycles. The molecule has 1 unspecified atom stereocenters. The normalized spacial score (nSPS) is 30.2. The van der Waals surface area contributed by atoms with E-state index in [-0.39, 0.29) is 34.4 Å². The van der Waals surface area contributed by atoms with Crippen LogP contribution < -0.4 is 5.32 Å². The third-order valence-electron chi connectivity index (χ3n) is 6.42. The van der Waals surface area contributed by atoms with Crippen molar-refractivity contribution >= 4 is 16.9 Å². The van der Waals surface area contributed by atoms with Gasteiger partial charge >= 0.3 is 0 Å². The van der Waals surface area contributed by atoms with Crippen LogP contribution in [0.15, 0.2) is 6.07 Å². The molecule has 1 amide bonds. The average molecular weight is 347 g/mol. The number of hydrogen-bond donors (Lipinski definition) is 2. The Balaban J connectivity index is 1.59. The van der Waals surface area contributed by atoms with Gasteiger partial charge in [0.05, 0.1) is 11.1 Å². The van der Waals surface area contributed by atoms with Crippen molar-refractivity contribution in [3.8, 4) is 0 Å². The second-order valence-corrected chi connectivity index (χ2v) is 8.42. The quantitative estimate of drug-likeness (QED) is 0.864. The molecule has 0 spiro atoms. The molecule has 4 nitrogen and oxygen atoms in total. The molecular formula is C19H23F2N3O. The number of halogens is 2. The summed E-state index contributed by atoms with van der Waals surface area (Å²) in [5.74, 6) is -0.705. The fourth-order valence-corrected chi connectivity index (χ4v) is 5.23. The van der Waals surface area contributed by atoms with Crippen molar-refractivity contribution in [3.63, 3.8) is 0 Å². The number of aryl methyl sites for hydroxylation is 1. The van der Waals surface area contributed by atoms with Crippen LogP contribution in [0.1, 0.15) is 49.8 Å². The number of rotatable bonds is 2. The molecule has 4 rings (SSSR count). The number of aromatic amines is 1. The van der Waals surface area contributed by atoms with Crippen molar-refractivity contribution in [2.24, 2.45) is 23.2 Å². The number of carbonyl (C=O) groups excluding carboxylic acids is 1. The van der Waals surface area contributed by atoms with E-state index >= 15 is 0 Å². The maximum absolute atomic E-state index is 14.0. The molecule has 0 aromatic carbocycles. The molecule has 2 saturated carbocycles. The summed E-state index contributed by atoms with van der Waals surface area (Å²) in [6.45, 7) is 8.20. The highest BCUT2D eigenvalue weighted by Crippen LogP contribution is 2.58. The van der Waals surface area contributed by atoms with Gasteiger partial charge in [0.2, 0.25) is 0 Å². The van der Waals surface area contributed by atoms with E-state index in [1.54, 1.807) is 0 Å². The molecule has 2 aromatic heterocycles. The largest absolute Gasteiger partial charge is 0.347 e. The van der Waals surface area contributed by atoms with E-state index in [2.05, 4.69) is 36.1 Å². The van der Waals surface area contributed by atoms with Crippen molar-refractivity contribution in [2.75, 3.05) is 0 Å². The van der Waals surface area contributed by atoms with E-state index < -0.39 is 11.6 Å². The van der Waals surface area contributed by atoms with Gasteiger partial charge in [-0.2, -0.15) is 0 Å². The van der Waals surface area contributed by atoms with E-state index in [1.807, 2.05) is 0 Å². The summed E-state index contributed by atoms with van der Waals surface area (Å²) >= 11 is 0. The zero-order chi connectivity index (χ0) is 18.1. The fourth-order valence-electron chi connectivity index (χ4n) is 5.23. The molecular weight excluding hydrogens is 324 g/mol. The summed E-state index contributed by atoms with van der Waals surface area (Å²) < 4.78 is 27.7. The molecule has 2 heterocycles. The minimum absolute atomic E-state index is 0.00961. The highest BCUT2D eigenvalue weighted by atomic mass is 19.2. The Kier molecular flexibility index (Phi) is 3.47. The molecule has 2 fully saturated rings. The number of pyridine rings is 1. The van der Waals surface area contributed by atoms with Crippen LogP contribution in [0.4, 0.5) is 8.78 Å². The first-order valence-corrected chi connectivity index (χ1v) is 8.84. The summed E-state index contributed by atoms with van der Waals surface area (Å²) in [7, 11) is 0. The van der Waals surface area contributed by atoms with Crippen LogP contribution in [0.25, 0.3) is 11.0 Å². The summed E-state index contributed by atoms with van der Waals surface area (Å²) in [5, 5.41) is 3.12. The average Bonchev–Trinajstić information content (AvgIpc) is 3.17. The number of fused-ring (bicyclic) bond motifs is 3. The van der Waals surface area contributed by atoms with Crippen LogP contribution in [0.2, 0.25) is 0 Å². The lowest BCUT2D eigenvalue weighted by Crippen LogP contribution is -2.46. The lowest BCUT2D eigenvalue weighted by Gasteiger charge is -2.39. The van der Waals surface area contributed by atoms with Crippen LogP contribution in [-0.2, 0) is 0 Å². The van der Waals surface area contributed by atoms with Gasteiger partial charge in [-0.05, 0) is 49.0 Å². The standard InChI is InChI=1S/C19H23F2N3O/c1-8-12-5-10(7-19(12,3)4)16(8)24-18(25)13-6-11-15(21)14(20)9(2)22-17(11)23-13/h6,8,10,12,16H,5,7H2,1-4H3,(H,22,23)(H,24,25)/t8-,10?,12-,16+/m0/s1. The molecule has 2 aliphatic carbocycles. The van der Waals surface area contributed by atoms with Crippen LogP contribution in [0, 0.1) is 41.7 Å². The Morgan fingerprint density at radius 1 is 1.36 bits per heavy atom. The number of aromatic nitrogens is 2. The molecule has 134 valence electrons. The lowest BCUT2D eigenvalue weighted by molar-refractivity contribution is 0.0832. The monoisotopic (exact) mass is 347 g/mol. The van der Waals surface area contributed by atoms with Gasteiger partial charge in [0.1, 0.15) is 11.3 Å². The van der Waals surface area contributed by atoms with Crippen molar-refractivity contribution in [1.29, 1.82) is 0 Å². The first-order valence-electron chi connectivity index (χ1n) is 8.84. The van der Waals surface area contributed by atoms with Gasteiger partial charge in [-0.15, -0.1) is 0 Å². The highest BCUT2D eigenvalue weighted by molar-refractivity contribution is 5.97. The number of nitrogens with one attached hydrogen (secondary N) is 2. The maximum Gasteiger partial charge on any atom is 0.268 e. The lowest BCUT2D eigenvalue weighted by atomic mass is 9.70. The molecule has 0 saturated heterocycles. The smallest absolute Gasteiger partial charge is 0.268 e. The van der Waals surface area contributed by atoms with Crippen molar-refractivity contribution < 1.29 is 13.6 Å².